The van der Waals surface area contributed by atoms with Gasteiger partial charge in [0.05, 0.1) is 0 Å². The first kappa shape index (κ1) is 14.4. The second-order valence-corrected chi connectivity index (χ2v) is 5.12. The average Bonchev–Trinajstić information content (AvgIpc) is 3.30. The van der Waals surface area contributed by atoms with Crippen molar-refractivity contribution in [3.63, 3.8) is 0 Å². The molecule has 1 aromatic rings. The summed E-state index contributed by atoms with van der Waals surface area (Å²) >= 11 is 0. The van der Waals surface area contributed by atoms with Gasteiger partial charge in [-0.05, 0) is 31.7 Å². The second-order valence-electron chi connectivity index (χ2n) is 5.12. The highest BCUT2D eigenvalue weighted by Crippen LogP contribution is 2.28. The Labute approximate surface area is 119 Å². The van der Waals surface area contributed by atoms with Gasteiger partial charge in [0, 0.05) is 12.6 Å². The first-order valence-corrected chi connectivity index (χ1v) is 6.99. The van der Waals surface area contributed by atoms with Gasteiger partial charge in [-0.2, -0.15) is 0 Å². The molecule has 108 valence electrons. The van der Waals surface area contributed by atoms with Gasteiger partial charge in [0.25, 0.3) is 0 Å². The normalized spacial score (nSPS) is 16.8. The minimum absolute atomic E-state index is 0.0158. The smallest absolute Gasteiger partial charge is 0.233 e. The molecule has 2 rings (SSSR count). The fraction of sp³-hybridized carbons (Fsp3) is 0.467. The zero-order valence-electron chi connectivity index (χ0n) is 11.7. The van der Waals surface area contributed by atoms with Crippen molar-refractivity contribution < 1.29 is 10.0 Å². The maximum atomic E-state index is 12.6. The molecule has 1 fully saturated rings. The number of benzene rings is 1. The van der Waals surface area contributed by atoms with Gasteiger partial charge in [0.1, 0.15) is 5.92 Å². The Kier molecular flexibility index (Phi) is 4.61. The summed E-state index contributed by atoms with van der Waals surface area (Å²) in [4.78, 5) is 14.5. The molecule has 0 spiro atoms. The number of amides is 1. The zero-order valence-corrected chi connectivity index (χ0v) is 11.7. The molecule has 0 aromatic heterocycles. The Morgan fingerprint density at radius 1 is 1.45 bits per heavy atom. The lowest BCUT2D eigenvalue weighted by Crippen LogP contribution is -2.44. The van der Waals surface area contributed by atoms with Crippen molar-refractivity contribution in [2.75, 3.05) is 6.54 Å². The summed E-state index contributed by atoms with van der Waals surface area (Å²) in [5.74, 6) is -0.657. The highest BCUT2D eigenvalue weighted by molar-refractivity contribution is 6.02. The number of carbonyl (C=O) groups is 1. The van der Waals surface area contributed by atoms with Crippen LogP contribution in [-0.4, -0.2) is 34.4 Å². The van der Waals surface area contributed by atoms with Crippen molar-refractivity contribution >= 4 is 11.7 Å². The van der Waals surface area contributed by atoms with Crippen molar-refractivity contribution in [3.05, 3.63) is 35.9 Å². The molecule has 1 atom stereocenters. The molecule has 1 unspecified atom stereocenters. The molecule has 1 aromatic carbocycles. The highest BCUT2D eigenvalue weighted by atomic mass is 16.4. The third kappa shape index (κ3) is 3.29. The second kappa shape index (κ2) is 6.41. The largest absolute Gasteiger partial charge is 0.409 e. The van der Waals surface area contributed by atoms with Crippen molar-refractivity contribution in [2.24, 2.45) is 16.8 Å². The number of nitrogens with two attached hydrogens (primary N) is 1. The third-order valence-corrected chi connectivity index (χ3v) is 3.66. The molecule has 3 N–H and O–H groups in total. The number of rotatable bonds is 6. The predicted molar refractivity (Wildman–Crippen MR) is 77.5 cm³/mol. The topological polar surface area (TPSA) is 78.9 Å². The molecule has 1 aliphatic carbocycles. The van der Waals surface area contributed by atoms with Gasteiger partial charge >= 0.3 is 0 Å². The Morgan fingerprint density at radius 2 is 2.10 bits per heavy atom. The number of hydrogen-bond donors (Lipinski definition) is 2. The van der Waals surface area contributed by atoms with Crippen LogP contribution in [0, 0.1) is 5.92 Å². The van der Waals surface area contributed by atoms with E-state index in [1.807, 2.05) is 42.2 Å². The Balaban J connectivity index is 2.16. The van der Waals surface area contributed by atoms with Gasteiger partial charge in [-0.1, -0.05) is 35.5 Å². The number of amidine groups is 1. The molecule has 1 amide bonds. The lowest BCUT2D eigenvalue weighted by Gasteiger charge is -2.25. The van der Waals surface area contributed by atoms with Gasteiger partial charge in [0.15, 0.2) is 5.84 Å². The van der Waals surface area contributed by atoms with Crippen LogP contribution >= 0.6 is 0 Å². The summed E-state index contributed by atoms with van der Waals surface area (Å²) in [5, 5.41) is 12.0. The van der Waals surface area contributed by atoms with Crippen LogP contribution in [0.4, 0.5) is 0 Å². The SMILES string of the molecule is CCN(C(=O)C(Cc1ccccc1)C(N)=NO)C1CC1. The van der Waals surface area contributed by atoms with Gasteiger partial charge in [-0.3, -0.25) is 4.79 Å². The molecular formula is C15H21N3O2. The van der Waals surface area contributed by atoms with Crippen molar-refractivity contribution in [1.82, 2.24) is 4.90 Å². The van der Waals surface area contributed by atoms with E-state index in [-0.39, 0.29) is 11.7 Å². The number of carbonyl (C=O) groups excluding carboxylic acids is 1. The van der Waals surface area contributed by atoms with Crippen LogP contribution in [0.1, 0.15) is 25.3 Å². The summed E-state index contributed by atoms with van der Waals surface area (Å²) in [5.41, 5.74) is 6.74. The minimum atomic E-state index is -0.594. The summed E-state index contributed by atoms with van der Waals surface area (Å²) in [6.45, 7) is 2.62. The monoisotopic (exact) mass is 275 g/mol. The van der Waals surface area contributed by atoms with Crippen LogP contribution in [0.3, 0.4) is 0 Å². The minimum Gasteiger partial charge on any atom is -0.409 e. The van der Waals surface area contributed by atoms with Crippen molar-refractivity contribution in [3.8, 4) is 0 Å². The van der Waals surface area contributed by atoms with Crippen molar-refractivity contribution in [1.29, 1.82) is 0 Å². The van der Waals surface area contributed by atoms with E-state index in [0.29, 0.717) is 19.0 Å². The van der Waals surface area contributed by atoms with E-state index in [1.54, 1.807) is 0 Å². The number of oxime groups is 1. The summed E-state index contributed by atoms with van der Waals surface area (Å²) in [6, 6.07) is 9.98. The Morgan fingerprint density at radius 3 is 2.60 bits per heavy atom. The van der Waals surface area contributed by atoms with E-state index in [0.717, 1.165) is 18.4 Å². The summed E-state index contributed by atoms with van der Waals surface area (Å²) in [6.07, 6.45) is 2.56. The number of nitrogens with zero attached hydrogens (tertiary/aromatic N) is 2. The lowest BCUT2D eigenvalue weighted by atomic mass is 9.96. The molecule has 0 aliphatic heterocycles. The molecule has 0 bridgehead atoms. The first-order chi connectivity index (χ1) is 9.67. The van der Waals surface area contributed by atoms with Gasteiger partial charge in [0.2, 0.25) is 5.91 Å². The molecule has 1 saturated carbocycles. The molecule has 1 aliphatic rings. The maximum absolute atomic E-state index is 12.6. The number of hydrogen-bond acceptors (Lipinski definition) is 3. The van der Waals surface area contributed by atoms with E-state index in [4.69, 9.17) is 10.9 Å². The van der Waals surface area contributed by atoms with E-state index in [1.165, 1.54) is 0 Å². The molecule has 0 saturated heterocycles. The fourth-order valence-corrected chi connectivity index (χ4v) is 2.42. The van der Waals surface area contributed by atoms with Gasteiger partial charge in [-0.15, -0.1) is 0 Å². The maximum Gasteiger partial charge on any atom is 0.233 e. The molecule has 0 radical (unpaired) electrons. The first-order valence-electron chi connectivity index (χ1n) is 6.99. The van der Waals surface area contributed by atoms with E-state index in [9.17, 15) is 4.79 Å². The Hall–Kier alpha value is -2.04. The van der Waals surface area contributed by atoms with Gasteiger partial charge < -0.3 is 15.8 Å². The highest BCUT2D eigenvalue weighted by Gasteiger charge is 2.36. The zero-order chi connectivity index (χ0) is 14.5. The summed E-state index contributed by atoms with van der Waals surface area (Å²) in [7, 11) is 0. The summed E-state index contributed by atoms with van der Waals surface area (Å²) < 4.78 is 0. The molecule has 0 heterocycles. The predicted octanol–water partition coefficient (Wildman–Crippen LogP) is 1.60. The van der Waals surface area contributed by atoms with Crippen LogP contribution in [0.5, 0.6) is 0 Å². The molecule has 5 heteroatoms. The lowest BCUT2D eigenvalue weighted by molar-refractivity contribution is -0.133. The quantitative estimate of drug-likeness (QED) is 0.358. The van der Waals surface area contributed by atoms with E-state index in [2.05, 4.69) is 5.16 Å². The van der Waals surface area contributed by atoms with Crippen LogP contribution in [0.25, 0.3) is 0 Å². The Bertz CT molecular complexity index is 483. The van der Waals surface area contributed by atoms with Crippen molar-refractivity contribution in [2.45, 2.75) is 32.2 Å². The van der Waals surface area contributed by atoms with Gasteiger partial charge in [-0.25, -0.2) is 0 Å². The van der Waals surface area contributed by atoms with E-state index >= 15 is 0 Å². The van der Waals surface area contributed by atoms with Crippen LogP contribution in [-0.2, 0) is 11.2 Å². The van der Waals surface area contributed by atoms with E-state index < -0.39 is 5.92 Å². The van der Waals surface area contributed by atoms with Crippen LogP contribution in [0.2, 0.25) is 0 Å². The standard InChI is InChI=1S/C15H21N3O2/c1-2-18(12-8-9-12)15(19)13(14(16)17-20)10-11-6-4-3-5-7-11/h3-7,12-13,20H,2,8-10H2,1H3,(H2,16,17). The molecular weight excluding hydrogens is 254 g/mol. The third-order valence-electron chi connectivity index (χ3n) is 3.66. The fourth-order valence-electron chi connectivity index (χ4n) is 2.42. The molecule has 20 heavy (non-hydrogen) atoms. The molecule has 5 nitrogen and oxygen atoms in total. The average molecular weight is 275 g/mol. The van der Waals surface area contributed by atoms with Crippen LogP contribution in [0.15, 0.2) is 35.5 Å². The van der Waals surface area contributed by atoms with Crippen LogP contribution < -0.4 is 5.73 Å².